The normalized spacial score (nSPS) is 11.7. The van der Waals surface area contributed by atoms with Crippen molar-refractivity contribution >= 4 is 16.9 Å². The molecule has 94 valence electrons. The van der Waals surface area contributed by atoms with Gasteiger partial charge in [0.05, 0.1) is 10.9 Å². The summed E-state index contributed by atoms with van der Waals surface area (Å²) in [4.78, 5) is 23.5. The van der Waals surface area contributed by atoms with Gasteiger partial charge in [0.2, 0.25) is 0 Å². The molecule has 0 amide bonds. The number of para-hydroxylation sites is 1. The number of hydrogen-bond acceptors (Lipinski definition) is 2. The van der Waals surface area contributed by atoms with E-state index in [1.165, 1.54) is 4.57 Å². The zero-order valence-electron chi connectivity index (χ0n) is 10.6. The lowest BCUT2D eigenvalue weighted by Gasteiger charge is -2.20. The Labute approximate surface area is 104 Å². The number of aliphatic carboxylic acids is 1. The molecule has 2 rings (SSSR count). The van der Waals surface area contributed by atoms with Crippen LogP contribution in [0.3, 0.4) is 0 Å². The van der Waals surface area contributed by atoms with Gasteiger partial charge in [-0.15, -0.1) is 0 Å². The number of carboxylic acids is 1. The van der Waals surface area contributed by atoms with Crippen LogP contribution in [0.15, 0.2) is 35.1 Å². The van der Waals surface area contributed by atoms with Crippen LogP contribution in [0, 0.1) is 0 Å². The Kier molecular flexibility index (Phi) is 2.73. The van der Waals surface area contributed by atoms with Crippen LogP contribution in [0.25, 0.3) is 10.9 Å². The Morgan fingerprint density at radius 3 is 2.50 bits per heavy atom. The summed E-state index contributed by atoms with van der Waals surface area (Å²) in [6.45, 7) is 3.08. The molecule has 4 heteroatoms. The van der Waals surface area contributed by atoms with E-state index in [1.54, 1.807) is 27.0 Å². The van der Waals surface area contributed by atoms with Crippen molar-refractivity contribution in [3.8, 4) is 0 Å². The van der Waals surface area contributed by atoms with Gasteiger partial charge >= 0.3 is 5.97 Å². The minimum Gasteiger partial charge on any atom is -0.481 e. The van der Waals surface area contributed by atoms with Crippen molar-refractivity contribution in [3.05, 3.63) is 46.2 Å². The van der Waals surface area contributed by atoms with Gasteiger partial charge in [-0.2, -0.15) is 0 Å². The largest absolute Gasteiger partial charge is 0.481 e. The predicted molar refractivity (Wildman–Crippen MR) is 69.9 cm³/mol. The Hall–Kier alpha value is -2.10. The summed E-state index contributed by atoms with van der Waals surface area (Å²) in [5, 5.41) is 10.1. The van der Waals surface area contributed by atoms with Crippen LogP contribution in [-0.2, 0) is 17.3 Å². The van der Waals surface area contributed by atoms with Crippen molar-refractivity contribution in [1.82, 2.24) is 4.57 Å². The molecule has 1 heterocycles. The maximum atomic E-state index is 12.2. The molecule has 0 unspecified atom stereocenters. The quantitative estimate of drug-likeness (QED) is 0.879. The lowest BCUT2D eigenvalue weighted by atomic mass is 9.85. The molecule has 0 bridgehead atoms. The molecule has 0 atom stereocenters. The minimum atomic E-state index is -1.20. The molecule has 1 aromatic carbocycles. The third-order valence-corrected chi connectivity index (χ3v) is 3.34. The van der Waals surface area contributed by atoms with Gasteiger partial charge in [-0.3, -0.25) is 9.59 Å². The summed E-state index contributed by atoms with van der Waals surface area (Å²) in [5.74, 6) is -1.00. The van der Waals surface area contributed by atoms with E-state index in [-0.39, 0.29) is 5.56 Å². The topological polar surface area (TPSA) is 59.3 Å². The van der Waals surface area contributed by atoms with Crippen LogP contribution in [0.5, 0.6) is 0 Å². The average molecular weight is 245 g/mol. The SMILES string of the molecule is Cn1c(=O)c(C(C)(C)C(=O)O)cc2ccccc21. The maximum absolute atomic E-state index is 12.2. The molecule has 18 heavy (non-hydrogen) atoms. The van der Waals surface area contributed by atoms with E-state index in [0.29, 0.717) is 5.56 Å². The summed E-state index contributed by atoms with van der Waals surface area (Å²) in [5.41, 5.74) is -0.358. The molecule has 0 fully saturated rings. The van der Waals surface area contributed by atoms with Crippen LogP contribution in [0.4, 0.5) is 0 Å². The van der Waals surface area contributed by atoms with E-state index >= 15 is 0 Å². The molecule has 0 saturated heterocycles. The first-order valence-electron chi connectivity index (χ1n) is 5.68. The van der Waals surface area contributed by atoms with E-state index in [4.69, 9.17) is 0 Å². The molecule has 1 aromatic heterocycles. The highest BCUT2D eigenvalue weighted by Gasteiger charge is 2.32. The van der Waals surface area contributed by atoms with Crippen LogP contribution in [0.2, 0.25) is 0 Å². The minimum absolute atomic E-state index is 0.263. The average Bonchev–Trinajstić information content (AvgIpc) is 2.33. The molecule has 2 aromatic rings. The van der Waals surface area contributed by atoms with Crippen molar-refractivity contribution in [1.29, 1.82) is 0 Å². The van der Waals surface area contributed by atoms with Crippen LogP contribution in [-0.4, -0.2) is 15.6 Å². The van der Waals surface area contributed by atoms with E-state index in [1.807, 2.05) is 24.3 Å². The molecule has 0 aliphatic carbocycles. The number of rotatable bonds is 2. The van der Waals surface area contributed by atoms with Crippen molar-refractivity contribution < 1.29 is 9.90 Å². The number of pyridine rings is 1. The van der Waals surface area contributed by atoms with Gasteiger partial charge in [-0.05, 0) is 31.4 Å². The van der Waals surface area contributed by atoms with Gasteiger partial charge in [0.25, 0.3) is 5.56 Å². The van der Waals surface area contributed by atoms with Crippen molar-refractivity contribution in [3.63, 3.8) is 0 Å². The van der Waals surface area contributed by atoms with E-state index in [0.717, 1.165) is 10.9 Å². The van der Waals surface area contributed by atoms with Gasteiger partial charge in [-0.1, -0.05) is 18.2 Å². The van der Waals surface area contributed by atoms with Gasteiger partial charge in [0.1, 0.15) is 0 Å². The lowest BCUT2D eigenvalue weighted by Crippen LogP contribution is -2.37. The fourth-order valence-electron chi connectivity index (χ4n) is 1.99. The first-order valence-corrected chi connectivity index (χ1v) is 5.68. The molecule has 4 nitrogen and oxygen atoms in total. The molecule has 0 spiro atoms. The van der Waals surface area contributed by atoms with Crippen molar-refractivity contribution in [2.45, 2.75) is 19.3 Å². The van der Waals surface area contributed by atoms with Crippen LogP contribution in [0.1, 0.15) is 19.4 Å². The Morgan fingerprint density at radius 1 is 1.28 bits per heavy atom. The maximum Gasteiger partial charge on any atom is 0.313 e. The van der Waals surface area contributed by atoms with Crippen LogP contribution >= 0.6 is 0 Å². The highest BCUT2D eigenvalue weighted by atomic mass is 16.4. The third kappa shape index (κ3) is 1.70. The monoisotopic (exact) mass is 245 g/mol. The predicted octanol–water partition coefficient (Wildman–Crippen LogP) is 1.90. The number of aryl methyl sites for hydroxylation is 1. The van der Waals surface area contributed by atoms with Crippen molar-refractivity contribution in [2.75, 3.05) is 0 Å². The van der Waals surface area contributed by atoms with E-state index in [2.05, 4.69) is 0 Å². The molecular formula is C14H15NO3. The fourth-order valence-corrected chi connectivity index (χ4v) is 1.99. The number of nitrogens with zero attached hydrogens (tertiary/aromatic N) is 1. The number of fused-ring (bicyclic) bond motifs is 1. The highest BCUT2D eigenvalue weighted by Crippen LogP contribution is 2.23. The fraction of sp³-hybridized carbons (Fsp3) is 0.286. The molecular weight excluding hydrogens is 230 g/mol. The summed E-state index contributed by atoms with van der Waals surface area (Å²) in [7, 11) is 1.66. The number of benzene rings is 1. The van der Waals surface area contributed by atoms with Gasteiger partial charge in [0.15, 0.2) is 0 Å². The van der Waals surface area contributed by atoms with Crippen molar-refractivity contribution in [2.24, 2.45) is 7.05 Å². The first-order chi connectivity index (χ1) is 8.35. The number of carboxylic acid groups (broad SMARTS) is 1. The Bertz CT molecular complexity index is 683. The van der Waals surface area contributed by atoms with E-state index in [9.17, 15) is 14.7 Å². The third-order valence-electron chi connectivity index (χ3n) is 3.34. The van der Waals surface area contributed by atoms with Crippen LogP contribution < -0.4 is 5.56 Å². The molecule has 0 aliphatic heterocycles. The summed E-state index contributed by atoms with van der Waals surface area (Å²) in [6, 6.07) is 9.10. The summed E-state index contributed by atoms with van der Waals surface area (Å²) < 4.78 is 1.50. The number of aromatic nitrogens is 1. The lowest BCUT2D eigenvalue weighted by molar-refractivity contribution is -0.142. The second kappa shape index (κ2) is 3.98. The molecule has 1 N–H and O–H groups in total. The summed E-state index contributed by atoms with van der Waals surface area (Å²) >= 11 is 0. The van der Waals surface area contributed by atoms with Gasteiger partial charge in [0, 0.05) is 12.6 Å². The van der Waals surface area contributed by atoms with Gasteiger partial charge in [-0.25, -0.2) is 0 Å². The number of hydrogen-bond donors (Lipinski definition) is 1. The zero-order chi connectivity index (χ0) is 13.5. The Balaban J connectivity index is 2.86. The summed E-state index contributed by atoms with van der Waals surface area (Å²) in [6.07, 6.45) is 0. The first kappa shape index (κ1) is 12.4. The zero-order valence-corrected chi connectivity index (χ0v) is 10.6. The van der Waals surface area contributed by atoms with E-state index < -0.39 is 11.4 Å². The van der Waals surface area contributed by atoms with Gasteiger partial charge < -0.3 is 9.67 Å². The Morgan fingerprint density at radius 2 is 1.89 bits per heavy atom. The highest BCUT2D eigenvalue weighted by molar-refractivity contribution is 5.84. The molecule has 0 saturated carbocycles. The second-order valence-corrected chi connectivity index (χ2v) is 4.91. The second-order valence-electron chi connectivity index (χ2n) is 4.91. The molecule has 0 radical (unpaired) electrons. The standard InChI is InChI=1S/C14H15NO3/c1-14(2,13(17)18)10-8-9-6-4-5-7-11(9)15(3)12(10)16/h4-8H,1-3H3,(H,17,18). The number of carbonyl (C=O) groups is 1. The smallest absolute Gasteiger partial charge is 0.313 e. The molecule has 0 aliphatic rings.